The molecule has 0 bridgehead atoms. The summed E-state index contributed by atoms with van der Waals surface area (Å²) in [6.07, 6.45) is 12.9. The van der Waals surface area contributed by atoms with Crippen LogP contribution in [-0.2, 0) is 9.47 Å². The van der Waals surface area contributed by atoms with Gasteiger partial charge in [-0.3, -0.25) is 0 Å². The topological polar surface area (TPSA) is 38.7 Å². The molecule has 0 amide bonds. The van der Waals surface area contributed by atoms with E-state index in [4.69, 9.17) is 9.47 Å². The van der Waals surface area contributed by atoms with Crippen molar-refractivity contribution in [1.29, 1.82) is 0 Å². The molecule has 3 nitrogen and oxygen atoms in total. The van der Waals surface area contributed by atoms with Gasteiger partial charge in [-0.1, -0.05) is 27.7 Å². The number of aliphatic hydroxyl groups excluding tert-OH is 1. The molecule has 6 fully saturated rings. The number of rotatable bonds is 0. The zero-order chi connectivity index (χ0) is 20.9. The van der Waals surface area contributed by atoms with Crippen LogP contribution in [0, 0.1) is 96.3 Å². The van der Waals surface area contributed by atoms with Gasteiger partial charge in [-0.2, -0.15) is 0 Å². The summed E-state index contributed by atoms with van der Waals surface area (Å²) < 4.78 is 13.4. The molecule has 2 heterocycles. The van der Waals surface area contributed by atoms with Crippen molar-refractivity contribution in [3.8, 4) is 0 Å². The van der Waals surface area contributed by atoms with Gasteiger partial charge in [0.05, 0.1) is 18.8 Å². The maximum absolute atomic E-state index is 10.3. The Bertz CT molecular complexity index is 690. The Labute approximate surface area is 225 Å². The molecule has 1 radical (unpaired) electrons. The molecule has 12 atom stereocenters. The summed E-state index contributed by atoms with van der Waals surface area (Å²) in [6, 6.07) is 0. The summed E-state index contributed by atoms with van der Waals surface area (Å²) in [5, 5.41) is 10.3. The predicted octanol–water partition coefficient (Wildman–Crippen LogP) is 5.79. The van der Waals surface area contributed by atoms with Crippen LogP contribution in [0.1, 0.15) is 91.9 Å². The summed E-state index contributed by atoms with van der Waals surface area (Å²) >= 11 is 0. The van der Waals surface area contributed by atoms with E-state index in [1.165, 1.54) is 44.9 Å². The van der Waals surface area contributed by atoms with Crippen LogP contribution in [0.5, 0.6) is 0 Å². The average molecular weight is 644 g/mol. The van der Waals surface area contributed by atoms with Gasteiger partial charge in [-0.25, -0.2) is 0 Å². The third-order valence-electron chi connectivity index (χ3n) is 11.9. The van der Waals surface area contributed by atoms with Crippen molar-refractivity contribution in [1.82, 2.24) is 0 Å². The number of aliphatic hydroxyl groups is 1. The van der Waals surface area contributed by atoms with E-state index in [9.17, 15) is 5.11 Å². The van der Waals surface area contributed by atoms with Gasteiger partial charge in [0.25, 0.3) is 0 Å². The van der Waals surface area contributed by atoms with E-state index >= 15 is 0 Å². The second-order valence-electron chi connectivity index (χ2n) is 13.1. The van der Waals surface area contributed by atoms with Crippen LogP contribution in [0.15, 0.2) is 0 Å². The predicted molar refractivity (Wildman–Crippen MR) is 118 cm³/mol. The molecule has 4 saturated carbocycles. The van der Waals surface area contributed by atoms with Gasteiger partial charge < -0.3 is 14.6 Å². The minimum atomic E-state index is -0.282. The molecule has 31 heavy (non-hydrogen) atoms. The smallest absolute Gasteiger partial charge is 0.171 e. The van der Waals surface area contributed by atoms with E-state index in [0.717, 1.165) is 49.5 Å². The Balaban J connectivity index is 0.00000204. The molecule has 4 heteroatoms. The molecular weight excluding hydrogens is 599 g/mol. The Morgan fingerprint density at radius 2 is 1.61 bits per heavy atom. The Morgan fingerprint density at radius 1 is 0.839 bits per heavy atom. The van der Waals surface area contributed by atoms with Gasteiger partial charge in [0, 0.05) is 56.4 Å². The first-order valence-electron chi connectivity index (χ1n) is 13.3. The SMILES string of the molecule is CC1CCC2(OC1)O[C@H]1CC3C4CC[C@@H]5C[C@@H](O)CC[C@]5(C)C4CC[C@]3(C)C1[C@@H]2C.[Ac]. The summed E-state index contributed by atoms with van der Waals surface area (Å²) in [5.74, 6) is 4.93. The van der Waals surface area contributed by atoms with Crippen molar-refractivity contribution in [3.05, 3.63) is 0 Å². The molecule has 6 aliphatic rings. The zero-order valence-corrected chi connectivity index (χ0v) is 25.1. The number of hydrogen-bond donors (Lipinski definition) is 1. The summed E-state index contributed by atoms with van der Waals surface area (Å²) in [6.45, 7) is 10.9. The van der Waals surface area contributed by atoms with Gasteiger partial charge in [0.2, 0.25) is 0 Å². The quantitative estimate of drug-likeness (QED) is 0.363. The molecule has 4 aliphatic carbocycles. The Morgan fingerprint density at radius 3 is 2.35 bits per heavy atom. The van der Waals surface area contributed by atoms with E-state index in [1.54, 1.807) is 0 Å². The zero-order valence-electron chi connectivity index (χ0n) is 20.3. The fourth-order valence-electron chi connectivity index (χ4n) is 10.3. The van der Waals surface area contributed by atoms with Crippen LogP contribution in [-0.4, -0.2) is 29.7 Å². The largest absolute Gasteiger partial charge is 0.393 e. The van der Waals surface area contributed by atoms with E-state index in [2.05, 4.69) is 27.7 Å². The van der Waals surface area contributed by atoms with Crippen molar-refractivity contribution in [2.45, 2.75) is 110 Å². The number of fused-ring (bicyclic) bond motifs is 7. The fourth-order valence-corrected chi connectivity index (χ4v) is 10.3. The third-order valence-corrected chi connectivity index (χ3v) is 11.9. The van der Waals surface area contributed by atoms with Crippen molar-refractivity contribution in [2.24, 2.45) is 52.3 Å². The van der Waals surface area contributed by atoms with Crippen LogP contribution < -0.4 is 0 Å². The normalized spacial score (nSPS) is 60.5. The third kappa shape index (κ3) is 3.38. The molecule has 1 N–H and O–H groups in total. The molecule has 173 valence electrons. The molecule has 6 rings (SSSR count). The Kier molecular flexibility index (Phi) is 6.34. The molecule has 0 aromatic carbocycles. The standard InChI is InChI=1S/C27H44O3.Ac/c1-16-7-12-27(29-15-16)17(2)24-23(30-27)14-22-20-6-5-18-13-19(28)8-10-25(18,3)21(20)9-11-26(22,24)4;/h16-24,28H,5-15H2,1-4H3;/t16?,17-,18+,19-,20?,21?,22?,23-,24?,25-,26-,27?;/m0./s1. The maximum Gasteiger partial charge on any atom is 0.171 e. The molecule has 2 aliphatic heterocycles. The van der Waals surface area contributed by atoms with Crippen molar-refractivity contribution >= 4 is 0 Å². The van der Waals surface area contributed by atoms with Crippen LogP contribution in [0.25, 0.3) is 0 Å². The Hall–Kier alpha value is 1.32. The van der Waals surface area contributed by atoms with Gasteiger partial charge in [-0.05, 0) is 104 Å². The number of hydrogen-bond acceptors (Lipinski definition) is 3. The molecule has 6 unspecified atom stereocenters. The van der Waals surface area contributed by atoms with Crippen LogP contribution in [0.3, 0.4) is 0 Å². The fraction of sp³-hybridized carbons (Fsp3) is 1.00. The minimum Gasteiger partial charge on any atom is -0.393 e. The second kappa shape index (κ2) is 8.18. The van der Waals surface area contributed by atoms with Crippen molar-refractivity contribution in [2.75, 3.05) is 6.61 Å². The van der Waals surface area contributed by atoms with Crippen molar-refractivity contribution < 1.29 is 58.6 Å². The first-order chi connectivity index (χ1) is 14.3. The van der Waals surface area contributed by atoms with Gasteiger partial charge in [-0.15, -0.1) is 0 Å². The van der Waals surface area contributed by atoms with E-state index < -0.39 is 0 Å². The van der Waals surface area contributed by atoms with E-state index in [1.807, 2.05) is 0 Å². The molecular formula is C27H44AcO3. The number of ether oxygens (including phenoxy) is 2. The molecule has 0 aromatic heterocycles. The molecule has 2 saturated heterocycles. The van der Waals surface area contributed by atoms with Gasteiger partial charge >= 0.3 is 0 Å². The van der Waals surface area contributed by atoms with Crippen molar-refractivity contribution in [3.63, 3.8) is 0 Å². The van der Waals surface area contributed by atoms with Crippen LogP contribution in [0.4, 0.5) is 0 Å². The first-order valence-corrected chi connectivity index (χ1v) is 13.3. The first kappa shape index (κ1) is 24.0. The monoisotopic (exact) mass is 643 g/mol. The van der Waals surface area contributed by atoms with E-state index in [0.29, 0.717) is 34.7 Å². The molecule has 1 spiro atoms. The minimum absolute atomic E-state index is 0. The summed E-state index contributed by atoms with van der Waals surface area (Å²) in [7, 11) is 0. The maximum atomic E-state index is 10.3. The average Bonchev–Trinajstić information content (AvgIpc) is 3.16. The second-order valence-corrected chi connectivity index (χ2v) is 13.1. The van der Waals surface area contributed by atoms with Crippen LogP contribution in [0.2, 0.25) is 0 Å². The van der Waals surface area contributed by atoms with Crippen LogP contribution >= 0.6 is 0 Å². The van der Waals surface area contributed by atoms with Gasteiger partial charge in [0.15, 0.2) is 5.79 Å². The summed E-state index contributed by atoms with van der Waals surface area (Å²) in [4.78, 5) is 0. The van der Waals surface area contributed by atoms with E-state index in [-0.39, 0.29) is 56.0 Å². The molecule has 0 aromatic rings. The summed E-state index contributed by atoms with van der Waals surface area (Å²) in [5.41, 5.74) is 0.899. The van der Waals surface area contributed by atoms with Gasteiger partial charge in [0.1, 0.15) is 0 Å².